The van der Waals surface area contributed by atoms with Gasteiger partial charge in [-0.25, -0.2) is 0 Å². The van der Waals surface area contributed by atoms with Crippen molar-refractivity contribution in [3.63, 3.8) is 0 Å². The number of hydrogen-bond acceptors (Lipinski definition) is 3. The van der Waals surface area contributed by atoms with Crippen LogP contribution in [-0.4, -0.2) is 59.1 Å². The summed E-state index contributed by atoms with van der Waals surface area (Å²) in [5.74, 6) is -0.744. The van der Waals surface area contributed by atoms with E-state index in [1.165, 1.54) is 5.57 Å². The van der Waals surface area contributed by atoms with Crippen molar-refractivity contribution in [1.82, 2.24) is 9.80 Å². The van der Waals surface area contributed by atoms with Crippen LogP contribution in [0.5, 0.6) is 0 Å². The SMILES string of the molecule is C/C=C(\C=C/CC)CN1CCN(C(C)(C)C(=O)O)CC1. The van der Waals surface area contributed by atoms with Crippen LogP contribution in [0.25, 0.3) is 0 Å². The number of carboxylic acids is 1. The Hall–Kier alpha value is -1.13. The lowest BCUT2D eigenvalue weighted by Gasteiger charge is -2.41. The zero-order valence-corrected chi connectivity index (χ0v) is 13.2. The molecule has 0 radical (unpaired) electrons. The zero-order chi connectivity index (χ0) is 15.2. The molecule has 1 rings (SSSR count). The van der Waals surface area contributed by atoms with E-state index in [0.717, 1.165) is 39.1 Å². The molecule has 0 aromatic heterocycles. The number of carbonyl (C=O) groups is 1. The van der Waals surface area contributed by atoms with Crippen LogP contribution in [0.4, 0.5) is 0 Å². The second-order valence-electron chi connectivity index (χ2n) is 5.80. The maximum absolute atomic E-state index is 11.3. The molecule has 1 saturated heterocycles. The molecule has 1 aliphatic heterocycles. The highest BCUT2D eigenvalue weighted by Gasteiger charge is 2.36. The van der Waals surface area contributed by atoms with Gasteiger partial charge < -0.3 is 5.11 Å². The maximum atomic E-state index is 11.3. The van der Waals surface area contributed by atoms with Crippen LogP contribution in [0.15, 0.2) is 23.8 Å². The Morgan fingerprint density at radius 1 is 1.25 bits per heavy atom. The second kappa shape index (κ2) is 7.60. The molecular weight excluding hydrogens is 252 g/mol. The Morgan fingerprint density at radius 3 is 2.30 bits per heavy atom. The zero-order valence-electron chi connectivity index (χ0n) is 13.2. The third kappa shape index (κ3) is 4.46. The van der Waals surface area contributed by atoms with Crippen LogP contribution in [0.2, 0.25) is 0 Å². The highest BCUT2D eigenvalue weighted by atomic mass is 16.4. The molecule has 0 amide bonds. The Labute approximate surface area is 122 Å². The topological polar surface area (TPSA) is 43.8 Å². The van der Waals surface area contributed by atoms with Crippen LogP contribution in [0, 0.1) is 0 Å². The summed E-state index contributed by atoms with van der Waals surface area (Å²) in [7, 11) is 0. The van der Waals surface area contributed by atoms with E-state index >= 15 is 0 Å². The van der Waals surface area contributed by atoms with Gasteiger partial charge in [0.1, 0.15) is 5.54 Å². The first-order valence-electron chi connectivity index (χ1n) is 7.44. The number of nitrogens with zero attached hydrogens (tertiary/aromatic N) is 2. The van der Waals surface area contributed by atoms with E-state index in [1.54, 1.807) is 13.8 Å². The summed E-state index contributed by atoms with van der Waals surface area (Å²) >= 11 is 0. The molecule has 0 bridgehead atoms. The molecule has 0 aromatic carbocycles. The number of rotatable bonds is 6. The van der Waals surface area contributed by atoms with E-state index in [0.29, 0.717) is 0 Å². The van der Waals surface area contributed by atoms with Crippen molar-refractivity contribution in [2.45, 2.75) is 39.7 Å². The molecule has 0 unspecified atom stereocenters. The van der Waals surface area contributed by atoms with E-state index in [4.69, 9.17) is 0 Å². The normalized spacial score (nSPS) is 19.7. The Morgan fingerprint density at radius 2 is 1.85 bits per heavy atom. The van der Waals surface area contributed by atoms with Crippen molar-refractivity contribution < 1.29 is 9.90 Å². The number of aliphatic carboxylic acids is 1. The maximum Gasteiger partial charge on any atom is 0.323 e. The average Bonchev–Trinajstić information content (AvgIpc) is 2.43. The van der Waals surface area contributed by atoms with Crippen LogP contribution in [0.1, 0.15) is 34.1 Å². The average molecular weight is 280 g/mol. The first kappa shape index (κ1) is 16.9. The van der Waals surface area contributed by atoms with Crippen LogP contribution >= 0.6 is 0 Å². The number of piperazine rings is 1. The molecule has 0 aromatic rings. The van der Waals surface area contributed by atoms with Gasteiger partial charge in [0, 0.05) is 32.7 Å². The molecule has 0 saturated carbocycles. The van der Waals surface area contributed by atoms with Crippen LogP contribution in [0.3, 0.4) is 0 Å². The third-order valence-electron chi connectivity index (χ3n) is 4.03. The monoisotopic (exact) mass is 280 g/mol. The van der Waals surface area contributed by atoms with Crippen molar-refractivity contribution in [3.8, 4) is 0 Å². The Balaban J connectivity index is 2.50. The van der Waals surface area contributed by atoms with Crippen molar-refractivity contribution in [3.05, 3.63) is 23.8 Å². The summed E-state index contributed by atoms with van der Waals surface area (Å²) in [6.07, 6.45) is 7.57. The van der Waals surface area contributed by atoms with Gasteiger partial charge in [0.2, 0.25) is 0 Å². The van der Waals surface area contributed by atoms with E-state index in [9.17, 15) is 9.90 Å². The molecular formula is C16H28N2O2. The molecule has 0 aliphatic carbocycles. The molecule has 1 aliphatic rings. The molecule has 1 N–H and O–H groups in total. The first-order valence-corrected chi connectivity index (χ1v) is 7.44. The molecule has 4 nitrogen and oxygen atoms in total. The standard InChI is InChI=1S/C16H28N2O2/c1-5-7-8-14(6-2)13-17-9-11-18(12-10-17)16(3,4)15(19)20/h6-8H,5,9-13H2,1-4H3,(H,19,20)/b8-7-,14-6+. The molecule has 20 heavy (non-hydrogen) atoms. The lowest BCUT2D eigenvalue weighted by molar-refractivity contribution is -0.150. The highest BCUT2D eigenvalue weighted by Crippen LogP contribution is 2.17. The fourth-order valence-corrected chi connectivity index (χ4v) is 2.37. The van der Waals surface area contributed by atoms with Gasteiger partial charge in [0.05, 0.1) is 0 Å². The fraction of sp³-hybridized carbons (Fsp3) is 0.688. The lowest BCUT2D eigenvalue weighted by atomic mass is 10.0. The quantitative estimate of drug-likeness (QED) is 0.759. The molecule has 0 spiro atoms. The minimum atomic E-state index is -0.766. The summed E-state index contributed by atoms with van der Waals surface area (Å²) in [5.41, 5.74) is 0.565. The predicted molar refractivity (Wildman–Crippen MR) is 82.9 cm³/mol. The Kier molecular flexibility index (Phi) is 6.43. The number of allylic oxidation sites excluding steroid dienone is 2. The largest absolute Gasteiger partial charge is 0.480 e. The summed E-state index contributed by atoms with van der Waals surface area (Å²) in [4.78, 5) is 15.7. The van der Waals surface area contributed by atoms with Gasteiger partial charge in [-0.3, -0.25) is 14.6 Å². The molecule has 0 atom stereocenters. The number of carboxylic acid groups (broad SMARTS) is 1. The van der Waals surface area contributed by atoms with Gasteiger partial charge in [-0.1, -0.05) is 25.2 Å². The van der Waals surface area contributed by atoms with Gasteiger partial charge in [0.15, 0.2) is 0 Å². The van der Waals surface area contributed by atoms with Crippen molar-refractivity contribution in [2.75, 3.05) is 32.7 Å². The minimum absolute atomic E-state index is 0.744. The third-order valence-corrected chi connectivity index (χ3v) is 4.03. The summed E-state index contributed by atoms with van der Waals surface area (Å²) in [6, 6.07) is 0. The second-order valence-corrected chi connectivity index (χ2v) is 5.80. The summed E-state index contributed by atoms with van der Waals surface area (Å²) < 4.78 is 0. The van der Waals surface area contributed by atoms with E-state index in [-0.39, 0.29) is 0 Å². The van der Waals surface area contributed by atoms with E-state index < -0.39 is 11.5 Å². The first-order chi connectivity index (χ1) is 9.41. The summed E-state index contributed by atoms with van der Waals surface area (Å²) in [6.45, 7) is 12.2. The smallest absolute Gasteiger partial charge is 0.323 e. The van der Waals surface area contributed by atoms with E-state index in [2.05, 4.69) is 41.9 Å². The number of hydrogen-bond donors (Lipinski definition) is 1. The lowest BCUT2D eigenvalue weighted by Crippen LogP contribution is -2.58. The van der Waals surface area contributed by atoms with Gasteiger partial charge in [-0.05, 0) is 32.8 Å². The van der Waals surface area contributed by atoms with Crippen molar-refractivity contribution in [1.29, 1.82) is 0 Å². The minimum Gasteiger partial charge on any atom is -0.480 e. The van der Waals surface area contributed by atoms with Gasteiger partial charge in [-0.15, -0.1) is 0 Å². The van der Waals surface area contributed by atoms with Crippen LogP contribution < -0.4 is 0 Å². The molecule has 114 valence electrons. The van der Waals surface area contributed by atoms with Gasteiger partial charge in [0.25, 0.3) is 0 Å². The Bertz CT molecular complexity index is 378. The van der Waals surface area contributed by atoms with Gasteiger partial charge in [-0.2, -0.15) is 0 Å². The van der Waals surface area contributed by atoms with Crippen LogP contribution in [-0.2, 0) is 4.79 Å². The molecule has 4 heteroatoms. The fourth-order valence-electron chi connectivity index (χ4n) is 2.37. The highest BCUT2D eigenvalue weighted by molar-refractivity contribution is 5.77. The van der Waals surface area contributed by atoms with E-state index in [1.807, 2.05) is 0 Å². The van der Waals surface area contributed by atoms with Crippen molar-refractivity contribution in [2.24, 2.45) is 0 Å². The predicted octanol–water partition coefficient (Wildman–Crippen LogP) is 2.38. The summed E-state index contributed by atoms with van der Waals surface area (Å²) in [5, 5.41) is 9.27. The van der Waals surface area contributed by atoms with Crippen molar-refractivity contribution >= 4 is 5.97 Å². The molecule has 1 fully saturated rings. The molecule has 1 heterocycles. The van der Waals surface area contributed by atoms with Gasteiger partial charge >= 0.3 is 5.97 Å².